The molecular formula is C12H19NO2. The van der Waals surface area contributed by atoms with E-state index in [9.17, 15) is 5.11 Å². The van der Waals surface area contributed by atoms with Crippen molar-refractivity contribution in [3.63, 3.8) is 0 Å². The van der Waals surface area contributed by atoms with E-state index >= 15 is 0 Å². The van der Waals surface area contributed by atoms with Crippen LogP contribution in [0, 0.1) is 0 Å². The van der Waals surface area contributed by atoms with E-state index < -0.39 is 0 Å². The molecule has 84 valence electrons. The summed E-state index contributed by atoms with van der Waals surface area (Å²) in [4.78, 5) is 2.15. The lowest BCUT2D eigenvalue weighted by Crippen LogP contribution is -2.13. The normalized spacial score (nSPS) is 10.7. The van der Waals surface area contributed by atoms with E-state index in [1.165, 1.54) is 0 Å². The highest BCUT2D eigenvalue weighted by molar-refractivity contribution is 5.39. The van der Waals surface area contributed by atoms with Crippen LogP contribution in [0.5, 0.6) is 11.5 Å². The average Bonchev–Trinajstić information content (AvgIpc) is 2.17. The first-order chi connectivity index (χ1) is 7.13. The number of rotatable bonds is 5. The topological polar surface area (TPSA) is 32.7 Å². The van der Waals surface area contributed by atoms with E-state index in [2.05, 4.69) is 19.0 Å². The maximum atomic E-state index is 9.38. The minimum Gasteiger partial charge on any atom is -0.508 e. The molecule has 0 heterocycles. The third-order valence-electron chi connectivity index (χ3n) is 2.32. The minimum atomic E-state index is 0.302. The summed E-state index contributed by atoms with van der Waals surface area (Å²) in [5.74, 6) is 1.15. The Bertz CT molecular complexity index is 310. The summed E-state index contributed by atoms with van der Waals surface area (Å²) >= 11 is 0. The summed E-state index contributed by atoms with van der Waals surface area (Å²) < 4.78 is 5.23. The predicted octanol–water partition coefficient (Wildman–Crippen LogP) is 1.90. The van der Waals surface area contributed by atoms with Gasteiger partial charge < -0.3 is 14.7 Å². The standard InChI is InChI=1S/C12H19NO2/c1-13(2)8-4-5-10-9-11(14)6-7-12(10)15-3/h6-7,9,14H,4-5,8H2,1-3H3. The van der Waals surface area contributed by atoms with Crippen molar-refractivity contribution in [3.05, 3.63) is 23.8 Å². The molecule has 1 aromatic rings. The number of hydrogen-bond acceptors (Lipinski definition) is 3. The molecule has 15 heavy (non-hydrogen) atoms. The third kappa shape index (κ3) is 3.80. The molecule has 1 aromatic carbocycles. The van der Waals surface area contributed by atoms with E-state index in [0.29, 0.717) is 5.75 Å². The van der Waals surface area contributed by atoms with Crippen molar-refractivity contribution in [2.45, 2.75) is 12.8 Å². The summed E-state index contributed by atoms with van der Waals surface area (Å²) in [6.07, 6.45) is 1.99. The predicted molar refractivity (Wildman–Crippen MR) is 61.5 cm³/mol. The Balaban J connectivity index is 2.62. The van der Waals surface area contributed by atoms with Gasteiger partial charge in [-0.1, -0.05) is 0 Å². The van der Waals surface area contributed by atoms with Crippen molar-refractivity contribution in [1.82, 2.24) is 4.90 Å². The molecule has 0 radical (unpaired) electrons. The van der Waals surface area contributed by atoms with Gasteiger partial charge in [-0.25, -0.2) is 0 Å². The van der Waals surface area contributed by atoms with Crippen molar-refractivity contribution >= 4 is 0 Å². The van der Waals surface area contributed by atoms with Crippen LogP contribution in [0.25, 0.3) is 0 Å². The molecule has 1 rings (SSSR count). The fraction of sp³-hybridized carbons (Fsp3) is 0.500. The number of aromatic hydroxyl groups is 1. The van der Waals surface area contributed by atoms with Gasteiger partial charge in [0.2, 0.25) is 0 Å². The molecule has 1 N–H and O–H groups in total. The quantitative estimate of drug-likeness (QED) is 0.804. The summed E-state index contributed by atoms with van der Waals surface area (Å²) in [5, 5.41) is 9.38. The first-order valence-corrected chi connectivity index (χ1v) is 5.14. The molecule has 0 saturated heterocycles. The van der Waals surface area contributed by atoms with Gasteiger partial charge in [-0.2, -0.15) is 0 Å². The summed E-state index contributed by atoms with van der Waals surface area (Å²) in [5.41, 5.74) is 1.07. The average molecular weight is 209 g/mol. The maximum Gasteiger partial charge on any atom is 0.122 e. The van der Waals surface area contributed by atoms with Crippen molar-refractivity contribution in [3.8, 4) is 11.5 Å². The van der Waals surface area contributed by atoms with Crippen LogP contribution in [0.3, 0.4) is 0 Å². The number of nitrogens with zero attached hydrogens (tertiary/aromatic N) is 1. The second-order valence-electron chi connectivity index (χ2n) is 3.90. The van der Waals surface area contributed by atoms with Crippen LogP contribution in [0.15, 0.2) is 18.2 Å². The molecule has 0 amide bonds. The lowest BCUT2D eigenvalue weighted by molar-refractivity contribution is 0.389. The van der Waals surface area contributed by atoms with E-state index in [1.807, 2.05) is 0 Å². The molecule has 0 saturated carbocycles. The zero-order valence-electron chi connectivity index (χ0n) is 9.66. The fourth-order valence-corrected chi connectivity index (χ4v) is 1.55. The minimum absolute atomic E-state index is 0.302. The smallest absolute Gasteiger partial charge is 0.122 e. The molecule has 0 aliphatic carbocycles. The van der Waals surface area contributed by atoms with Gasteiger partial charge in [0.15, 0.2) is 0 Å². The van der Waals surface area contributed by atoms with Crippen molar-refractivity contribution in [2.24, 2.45) is 0 Å². The SMILES string of the molecule is COc1ccc(O)cc1CCCN(C)C. The number of ether oxygens (including phenoxy) is 1. The van der Waals surface area contributed by atoms with Gasteiger partial charge in [-0.05, 0) is 57.2 Å². The Morgan fingerprint density at radius 3 is 2.67 bits per heavy atom. The van der Waals surface area contributed by atoms with Gasteiger partial charge >= 0.3 is 0 Å². The van der Waals surface area contributed by atoms with Crippen LogP contribution >= 0.6 is 0 Å². The Labute approximate surface area is 91.3 Å². The van der Waals surface area contributed by atoms with Gasteiger partial charge in [0.1, 0.15) is 11.5 Å². The van der Waals surface area contributed by atoms with E-state index in [4.69, 9.17) is 4.74 Å². The van der Waals surface area contributed by atoms with Crippen LogP contribution in [-0.2, 0) is 6.42 Å². The Hall–Kier alpha value is -1.22. The Kier molecular flexibility index (Phi) is 4.43. The van der Waals surface area contributed by atoms with Crippen molar-refractivity contribution in [2.75, 3.05) is 27.7 Å². The third-order valence-corrected chi connectivity index (χ3v) is 2.32. The summed E-state index contributed by atoms with van der Waals surface area (Å²) in [6, 6.07) is 5.23. The van der Waals surface area contributed by atoms with Crippen molar-refractivity contribution in [1.29, 1.82) is 0 Å². The van der Waals surface area contributed by atoms with Crippen molar-refractivity contribution < 1.29 is 9.84 Å². The lowest BCUT2D eigenvalue weighted by atomic mass is 10.1. The Morgan fingerprint density at radius 2 is 2.07 bits per heavy atom. The van der Waals surface area contributed by atoms with Crippen LogP contribution in [-0.4, -0.2) is 37.8 Å². The molecule has 0 atom stereocenters. The van der Waals surface area contributed by atoms with E-state index in [0.717, 1.165) is 30.7 Å². The lowest BCUT2D eigenvalue weighted by Gasteiger charge is -2.11. The van der Waals surface area contributed by atoms with Crippen LogP contribution < -0.4 is 4.74 Å². The fourth-order valence-electron chi connectivity index (χ4n) is 1.55. The molecule has 0 aliphatic heterocycles. The molecule has 0 unspecified atom stereocenters. The number of benzene rings is 1. The molecule has 3 nitrogen and oxygen atoms in total. The second kappa shape index (κ2) is 5.61. The van der Waals surface area contributed by atoms with Gasteiger partial charge in [-0.3, -0.25) is 0 Å². The summed E-state index contributed by atoms with van der Waals surface area (Å²) in [7, 11) is 5.77. The van der Waals surface area contributed by atoms with Gasteiger partial charge in [0, 0.05) is 0 Å². The van der Waals surface area contributed by atoms with E-state index in [1.54, 1.807) is 25.3 Å². The highest BCUT2D eigenvalue weighted by atomic mass is 16.5. The Morgan fingerprint density at radius 1 is 1.33 bits per heavy atom. The summed E-state index contributed by atoms with van der Waals surface area (Å²) in [6.45, 7) is 1.04. The van der Waals surface area contributed by atoms with E-state index in [-0.39, 0.29) is 0 Å². The molecule has 0 spiro atoms. The van der Waals surface area contributed by atoms with Crippen LogP contribution in [0.1, 0.15) is 12.0 Å². The largest absolute Gasteiger partial charge is 0.508 e. The molecule has 0 bridgehead atoms. The number of phenols is 1. The first-order valence-electron chi connectivity index (χ1n) is 5.14. The molecule has 0 aliphatic rings. The van der Waals surface area contributed by atoms with Gasteiger partial charge in [-0.15, -0.1) is 0 Å². The number of hydrogen-bond donors (Lipinski definition) is 1. The highest BCUT2D eigenvalue weighted by Gasteiger charge is 2.04. The maximum absolute atomic E-state index is 9.38. The highest BCUT2D eigenvalue weighted by Crippen LogP contribution is 2.24. The second-order valence-corrected chi connectivity index (χ2v) is 3.90. The molecular weight excluding hydrogens is 190 g/mol. The van der Waals surface area contributed by atoms with Crippen LogP contribution in [0.2, 0.25) is 0 Å². The first kappa shape index (κ1) is 11.9. The molecule has 0 aromatic heterocycles. The number of aryl methyl sites for hydroxylation is 1. The molecule has 0 fully saturated rings. The van der Waals surface area contributed by atoms with Crippen LogP contribution in [0.4, 0.5) is 0 Å². The number of phenolic OH excluding ortho intramolecular Hbond substituents is 1. The van der Waals surface area contributed by atoms with Gasteiger partial charge in [0.25, 0.3) is 0 Å². The molecule has 3 heteroatoms. The van der Waals surface area contributed by atoms with Gasteiger partial charge in [0.05, 0.1) is 7.11 Å². The zero-order valence-corrected chi connectivity index (χ0v) is 9.66. The number of methoxy groups -OCH3 is 1. The zero-order chi connectivity index (χ0) is 11.3. The monoisotopic (exact) mass is 209 g/mol.